The predicted molar refractivity (Wildman–Crippen MR) is 64.6 cm³/mol. The number of carbonyl (C=O) groups is 1. The van der Waals surface area contributed by atoms with Crippen molar-refractivity contribution in [1.29, 1.82) is 5.41 Å². The van der Waals surface area contributed by atoms with Crippen molar-refractivity contribution in [3.63, 3.8) is 0 Å². The average molecular weight is 224 g/mol. The summed E-state index contributed by atoms with van der Waals surface area (Å²) in [7, 11) is 0. The van der Waals surface area contributed by atoms with Crippen LogP contribution in [0, 0.1) is 5.41 Å². The van der Waals surface area contributed by atoms with Crippen molar-refractivity contribution in [2.24, 2.45) is 0 Å². The van der Waals surface area contributed by atoms with Crippen molar-refractivity contribution in [1.82, 2.24) is 16.0 Å². The fourth-order valence-electron chi connectivity index (χ4n) is 1.43. The van der Waals surface area contributed by atoms with E-state index in [1.165, 1.54) is 0 Å². The first kappa shape index (κ1) is 12.7. The van der Waals surface area contributed by atoms with Crippen LogP contribution in [-0.2, 0) is 4.79 Å². The average Bonchev–Trinajstić information content (AvgIpc) is 2.45. The van der Waals surface area contributed by atoms with Crippen LogP contribution in [0.1, 0.15) is 20.3 Å². The van der Waals surface area contributed by atoms with E-state index in [-0.39, 0.29) is 17.7 Å². The Morgan fingerprint density at radius 1 is 1.50 bits per heavy atom. The van der Waals surface area contributed by atoms with Gasteiger partial charge < -0.3 is 16.0 Å². The third-order valence-corrected chi connectivity index (χ3v) is 2.18. The molecule has 1 rings (SSSR count). The molecule has 0 aromatic heterocycles. The molecule has 0 bridgehead atoms. The van der Waals surface area contributed by atoms with Crippen LogP contribution in [0.5, 0.6) is 0 Å². The predicted octanol–water partition coefficient (Wildman–Crippen LogP) is -0.00243. The van der Waals surface area contributed by atoms with E-state index in [0.29, 0.717) is 6.54 Å². The van der Waals surface area contributed by atoms with Crippen LogP contribution in [-0.4, -0.2) is 37.3 Å². The molecular formula is C11H20N4O. The minimum atomic E-state index is -0.325. The van der Waals surface area contributed by atoms with Gasteiger partial charge in [-0.15, -0.1) is 0 Å². The summed E-state index contributed by atoms with van der Waals surface area (Å²) >= 11 is 0. The third kappa shape index (κ3) is 4.44. The van der Waals surface area contributed by atoms with Crippen molar-refractivity contribution in [3.8, 4) is 0 Å². The van der Waals surface area contributed by atoms with Gasteiger partial charge in [-0.2, -0.15) is 0 Å². The molecule has 1 saturated heterocycles. The summed E-state index contributed by atoms with van der Waals surface area (Å²) in [5.41, 5.74) is 0.904. The van der Waals surface area contributed by atoms with Crippen molar-refractivity contribution < 1.29 is 4.79 Å². The van der Waals surface area contributed by atoms with Gasteiger partial charge >= 0.3 is 0 Å². The second kappa shape index (κ2) is 6.27. The molecule has 0 spiro atoms. The number of hydrogen-bond donors (Lipinski definition) is 4. The van der Waals surface area contributed by atoms with E-state index in [4.69, 9.17) is 5.41 Å². The summed E-state index contributed by atoms with van der Waals surface area (Å²) in [6.07, 6.45) is 2.65. The van der Waals surface area contributed by atoms with Crippen LogP contribution in [0.2, 0.25) is 0 Å². The van der Waals surface area contributed by atoms with Gasteiger partial charge in [0.15, 0.2) is 0 Å². The molecule has 1 aliphatic heterocycles. The highest BCUT2D eigenvalue weighted by molar-refractivity contribution is 6.42. The standard InChI is InChI=1S/C11H20N4O/c1-8(2)15-11(16)10(12)6-9-7-13-4-3-5-14-9/h6,8,12-14H,3-5,7H2,1-2H3,(H,15,16)/b9-6-,12-10?. The van der Waals surface area contributed by atoms with Crippen molar-refractivity contribution in [3.05, 3.63) is 11.8 Å². The molecule has 4 N–H and O–H groups in total. The number of hydrogen-bond acceptors (Lipinski definition) is 4. The normalized spacial score (nSPS) is 19.1. The number of carbonyl (C=O) groups excluding carboxylic acids is 1. The van der Waals surface area contributed by atoms with E-state index in [2.05, 4.69) is 16.0 Å². The Kier molecular flexibility index (Phi) is 4.98. The molecule has 5 nitrogen and oxygen atoms in total. The van der Waals surface area contributed by atoms with Gasteiger partial charge in [0.1, 0.15) is 5.71 Å². The van der Waals surface area contributed by atoms with Crippen LogP contribution in [0.3, 0.4) is 0 Å². The molecule has 5 heteroatoms. The number of nitrogens with one attached hydrogen (secondary N) is 4. The van der Waals surface area contributed by atoms with Crippen molar-refractivity contribution >= 4 is 11.6 Å². The van der Waals surface area contributed by atoms with Crippen LogP contribution in [0.25, 0.3) is 0 Å². The lowest BCUT2D eigenvalue weighted by Gasteiger charge is -2.09. The molecule has 0 aromatic carbocycles. The fraction of sp³-hybridized carbons (Fsp3) is 0.636. The minimum absolute atomic E-state index is 0.0000926. The van der Waals surface area contributed by atoms with Crippen LogP contribution >= 0.6 is 0 Å². The van der Waals surface area contributed by atoms with Gasteiger partial charge in [-0.1, -0.05) is 0 Å². The maximum absolute atomic E-state index is 11.5. The van der Waals surface area contributed by atoms with E-state index in [0.717, 1.165) is 25.2 Å². The van der Waals surface area contributed by atoms with E-state index in [9.17, 15) is 4.79 Å². The summed E-state index contributed by atoms with van der Waals surface area (Å²) in [5.74, 6) is -0.325. The molecule has 0 unspecified atom stereocenters. The van der Waals surface area contributed by atoms with Crippen LogP contribution in [0.15, 0.2) is 11.8 Å². The molecule has 16 heavy (non-hydrogen) atoms. The lowest BCUT2D eigenvalue weighted by molar-refractivity contribution is -0.115. The SMILES string of the molecule is CC(C)NC(=O)C(=N)/C=C1/CNCCCN1. The minimum Gasteiger partial charge on any atom is -0.387 e. The summed E-state index contributed by atoms with van der Waals surface area (Å²) < 4.78 is 0. The van der Waals surface area contributed by atoms with E-state index in [1.54, 1.807) is 6.08 Å². The summed E-state index contributed by atoms with van der Waals surface area (Å²) in [6.45, 7) is 6.30. The second-order valence-electron chi connectivity index (χ2n) is 4.17. The maximum atomic E-state index is 11.5. The molecule has 0 aliphatic carbocycles. The zero-order chi connectivity index (χ0) is 12.0. The summed E-state index contributed by atoms with van der Waals surface area (Å²) in [6, 6.07) is 0.0615. The molecular weight excluding hydrogens is 204 g/mol. The lowest BCUT2D eigenvalue weighted by atomic mass is 10.2. The molecule has 1 heterocycles. The number of rotatable bonds is 3. The van der Waals surface area contributed by atoms with Gasteiger partial charge in [0.2, 0.25) is 0 Å². The topological polar surface area (TPSA) is 77.0 Å². The third-order valence-electron chi connectivity index (χ3n) is 2.18. The number of amides is 1. The first-order valence-corrected chi connectivity index (χ1v) is 5.64. The monoisotopic (exact) mass is 224 g/mol. The molecule has 0 saturated carbocycles. The summed E-state index contributed by atoms with van der Waals surface area (Å²) in [5, 5.41) is 16.8. The largest absolute Gasteiger partial charge is 0.387 e. The van der Waals surface area contributed by atoms with Gasteiger partial charge in [0, 0.05) is 24.8 Å². The molecule has 0 aromatic rings. The zero-order valence-corrected chi connectivity index (χ0v) is 9.89. The summed E-state index contributed by atoms with van der Waals surface area (Å²) in [4.78, 5) is 11.5. The maximum Gasteiger partial charge on any atom is 0.269 e. The van der Waals surface area contributed by atoms with E-state index in [1.807, 2.05) is 13.8 Å². The van der Waals surface area contributed by atoms with Crippen molar-refractivity contribution in [2.75, 3.05) is 19.6 Å². The van der Waals surface area contributed by atoms with Gasteiger partial charge in [0.25, 0.3) is 5.91 Å². The first-order chi connectivity index (χ1) is 7.59. The quantitative estimate of drug-likeness (QED) is 0.510. The molecule has 90 valence electrons. The Morgan fingerprint density at radius 2 is 2.25 bits per heavy atom. The fourth-order valence-corrected chi connectivity index (χ4v) is 1.43. The molecule has 0 atom stereocenters. The lowest BCUT2D eigenvalue weighted by Crippen LogP contribution is -2.35. The highest BCUT2D eigenvalue weighted by atomic mass is 16.1. The highest BCUT2D eigenvalue weighted by Crippen LogP contribution is 1.94. The molecule has 0 radical (unpaired) electrons. The van der Waals surface area contributed by atoms with Gasteiger partial charge in [-0.25, -0.2) is 0 Å². The highest BCUT2D eigenvalue weighted by Gasteiger charge is 2.10. The van der Waals surface area contributed by atoms with Crippen LogP contribution < -0.4 is 16.0 Å². The van der Waals surface area contributed by atoms with Crippen LogP contribution in [0.4, 0.5) is 0 Å². The van der Waals surface area contributed by atoms with Gasteiger partial charge in [-0.3, -0.25) is 10.2 Å². The Morgan fingerprint density at radius 3 is 2.94 bits per heavy atom. The molecule has 1 amide bonds. The zero-order valence-electron chi connectivity index (χ0n) is 9.89. The van der Waals surface area contributed by atoms with E-state index >= 15 is 0 Å². The van der Waals surface area contributed by atoms with E-state index < -0.39 is 0 Å². The Hall–Kier alpha value is -1.36. The van der Waals surface area contributed by atoms with Gasteiger partial charge in [0.05, 0.1) is 0 Å². The smallest absolute Gasteiger partial charge is 0.269 e. The Labute approximate surface area is 96.2 Å². The molecule has 1 fully saturated rings. The second-order valence-corrected chi connectivity index (χ2v) is 4.17. The van der Waals surface area contributed by atoms with Crippen molar-refractivity contribution in [2.45, 2.75) is 26.3 Å². The first-order valence-electron chi connectivity index (χ1n) is 5.64. The van der Waals surface area contributed by atoms with Gasteiger partial charge in [-0.05, 0) is 32.9 Å². The Bertz CT molecular complexity index is 286. The molecule has 1 aliphatic rings. The Balaban J connectivity index is 2.53.